The molecule has 6 heteroatoms. The predicted octanol–water partition coefficient (Wildman–Crippen LogP) is 2.57. The van der Waals surface area contributed by atoms with Gasteiger partial charge in [-0.15, -0.1) is 0 Å². The van der Waals surface area contributed by atoms with Crippen LogP contribution in [0, 0.1) is 0 Å². The van der Waals surface area contributed by atoms with Crippen molar-refractivity contribution in [2.45, 2.75) is 19.4 Å². The molecule has 1 aliphatic heterocycles. The van der Waals surface area contributed by atoms with Crippen molar-refractivity contribution in [1.29, 1.82) is 0 Å². The minimum atomic E-state index is -0.121. The van der Waals surface area contributed by atoms with E-state index >= 15 is 0 Å². The number of nitrogens with one attached hydrogen (secondary N) is 1. The van der Waals surface area contributed by atoms with E-state index in [1.807, 2.05) is 43.3 Å². The normalized spacial score (nSPS) is 15.6. The van der Waals surface area contributed by atoms with Crippen molar-refractivity contribution in [3.05, 3.63) is 54.1 Å². The highest BCUT2D eigenvalue weighted by Gasteiger charge is 2.25. The molecule has 6 nitrogen and oxygen atoms in total. The molecule has 0 bridgehead atoms. The molecule has 1 amide bonds. The van der Waals surface area contributed by atoms with E-state index in [2.05, 4.69) is 27.2 Å². The number of amides is 1. The smallest absolute Gasteiger partial charge is 0.237 e. The number of anilines is 1. The molecule has 1 aliphatic rings. The van der Waals surface area contributed by atoms with E-state index < -0.39 is 0 Å². The first-order valence-electron chi connectivity index (χ1n) is 10.1. The second-order valence-electron chi connectivity index (χ2n) is 7.29. The first-order valence-corrected chi connectivity index (χ1v) is 10.1. The molecule has 0 aliphatic carbocycles. The van der Waals surface area contributed by atoms with Gasteiger partial charge in [0.25, 0.3) is 0 Å². The molecule has 3 rings (SSSR count). The molecule has 1 heterocycles. The molecule has 0 saturated carbocycles. The van der Waals surface area contributed by atoms with Crippen molar-refractivity contribution in [2.24, 2.45) is 0 Å². The maximum absolute atomic E-state index is 12.6. The lowest BCUT2D eigenvalue weighted by Gasteiger charge is -2.38. The quantitative estimate of drug-likeness (QED) is 0.742. The van der Waals surface area contributed by atoms with Gasteiger partial charge < -0.3 is 19.7 Å². The van der Waals surface area contributed by atoms with E-state index in [1.165, 1.54) is 11.3 Å². The molecule has 29 heavy (non-hydrogen) atoms. The fourth-order valence-electron chi connectivity index (χ4n) is 3.60. The van der Waals surface area contributed by atoms with Gasteiger partial charge in [-0.05, 0) is 55.3 Å². The summed E-state index contributed by atoms with van der Waals surface area (Å²) in [6.07, 6.45) is 0.813. The molecular weight excluding hydrogens is 366 g/mol. The Morgan fingerprint density at radius 1 is 0.931 bits per heavy atom. The van der Waals surface area contributed by atoms with E-state index in [1.54, 1.807) is 14.2 Å². The second kappa shape index (κ2) is 10.2. The lowest BCUT2D eigenvalue weighted by atomic mass is 10.1. The highest BCUT2D eigenvalue weighted by atomic mass is 16.5. The first-order chi connectivity index (χ1) is 14.1. The molecule has 0 aromatic heterocycles. The minimum absolute atomic E-state index is 0.0939. The van der Waals surface area contributed by atoms with E-state index in [0.29, 0.717) is 6.54 Å². The maximum atomic E-state index is 12.6. The summed E-state index contributed by atoms with van der Waals surface area (Å²) in [6.45, 7) is 6.21. The van der Waals surface area contributed by atoms with Crippen molar-refractivity contribution in [2.75, 3.05) is 51.8 Å². The molecule has 1 N–H and O–H groups in total. The fourth-order valence-corrected chi connectivity index (χ4v) is 3.60. The average molecular weight is 398 g/mol. The van der Waals surface area contributed by atoms with Gasteiger partial charge in [-0.2, -0.15) is 0 Å². The molecular formula is C23H31N3O3. The Bertz CT molecular complexity index is 769. The third kappa shape index (κ3) is 5.64. The third-order valence-electron chi connectivity index (χ3n) is 5.55. The van der Waals surface area contributed by atoms with Crippen LogP contribution in [0.25, 0.3) is 0 Å². The molecule has 156 valence electrons. The van der Waals surface area contributed by atoms with Crippen LogP contribution < -0.4 is 19.7 Å². The number of rotatable bonds is 8. The summed E-state index contributed by atoms with van der Waals surface area (Å²) in [5.41, 5.74) is 2.38. The zero-order valence-electron chi connectivity index (χ0n) is 17.6. The molecule has 1 fully saturated rings. The van der Waals surface area contributed by atoms with Gasteiger partial charge in [0.05, 0.1) is 20.3 Å². The number of hydrogen-bond acceptors (Lipinski definition) is 5. The van der Waals surface area contributed by atoms with E-state index in [9.17, 15) is 4.79 Å². The van der Waals surface area contributed by atoms with Gasteiger partial charge in [-0.3, -0.25) is 9.69 Å². The van der Waals surface area contributed by atoms with Gasteiger partial charge in [0.1, 0.15) is 11.5 Å². The van der Waals surface area contributed by atoms with E-state index in [0.717, 1.165) is 44.1 Å². The van der Waals surface area contributed by atoms with Crippen LogP contribution in [-0.4, -0.2) is 63.8 Å². The molecule has 0 spiro atoms. The van der Waals surface area contributed by atoms with Crippen LogP contribution in [0.5, 0.6) is 11.5 Å². The number of hydrogen-bond donors (Lipinski definition) is 1. The maximum Gasteiger partial charge on any atom is 0.237 e. The van der Waals surface area contributed by atoms with Crippen LogP contribution in [0.2, 0.25) is 0 Å². The Balaban J connectivity index is 1.41. The number of carbonyl (C=O) groups is 1. The van der Waals surface area contributed by atoms with Crippen molar-refractivity contribution in [1.82, 2.24) is 10.2 Å². The highest BCUT2D eigenvalue weighted by Crippen LogP contribution is 2.21. The number of ether oxygens (including phenoxy) is 2. The fraction of sp³-hybridized carbons (Fsp3) is 0.435. The van der Waals surface area contributed by atoms with Gasteiger partial charge in [0.15, 0.2) is 0 Å². The van der Waals surface area contributed by atoms with Crippen LogP contribution >= 0.6 is 0 Å². The molecule has 2 aromatic rings. The largest absolute Gasteiger partial charge is 0.497 e. The Labute approximate surface area is 173 Å². The van der Waals surface area contributed by atoms with Gasteiger partial charge in [-0.25, -0.2) is 0 Å². The van der Waals surface area contributed by atoms with Crippen molar-refractivity contribution in [3.63, 3.8) is 0 Å². The number of benzene rings is 2. The molecule has 1 atom stereocenters. The summed E-state index contributed by atoms with van der Waals surface area (Å²) in [5, 5.41) is 3.07. The zero-order chi connectivity index (χ0) is 20.6. The Hall–Kier alpha value is -2.73. The van der Waals surface area contributed by atoms with Crippen LogP contribution in [0.4, 0.5) is 5.69 Å². The lowest BCUT2D eigenvalue weighted by Crippen LogP contribution is -2.54. The average Bonchev–Trinajstić information content (AvgIpc) is 2.79. The highest BCUT2D eigenvalue weighted by molar-refractivity contribution is 5.81. The lowest BCUT2D eigenvalue weighted by molar-refractivity contribution is -0.125. The Morgan fingerprint density at radius 2 is 1.48 bits per heavy atom. The van der Waals surface area contributed by atoms with Crippen molar-refractivity contribution in [3.8, 4) is 11.5 Å². The van der Waals surface area contributed by atoms with Crippen molar-refractivity contribution >= 4 is 11.6 Å². The molecule has 2 aromatic carbocycles. The van der Waals surface area contributed by atoms with Gasteiger partial charge in [-0.1, -0.05) is 12.1 Å². The second-order valence-corrected chi connectivity index (χ2v) is 7.29. The topological polar surface area (TPSA) is 54.0 Å². The minimum Gasteiger partial charge on any atom is -0.497 e. The Kier molecular flexibility index (Phi) is 7.36. The summed E-state index contributed by atoms with van der Waals surface area (Å²) < 4.78 is 10.4. The number of methoxy groups -OCH3 is 2. The summed E-state index contributed by atoms with van der Waals surface area (Å²) in [7, 11) is 3.34. The van der Waals surface area contributed by atoms with E-state index in [-0.39, 0.29) is 11.9 Å². The van der Waals surface area contributed by atoms with Crippen LogP contribution in [0.15, 0.2) is 48.5 Å². The Morgan fingerprint density at radius 3 is 2.03 bits per heavy atom. The standard InChI is InChI=1S/C23H31N3O3/c1-18(23(27)24-13-12-19-4-8-21(28-2)9-5-19)25-14-16-26(17-15-25)20-6-10-22(29-3)11-7-20/h4-11,18H,12-17H2,1-3H3,(H,24,27)/t18-/m1/s1. The molecule has 1 saturated heterocycles. The van der Waals surface area contributed by atoms with E-state index in [4.69, 9.17) is 9.47 Å². The van der Waals surface area contributed by atoms with Crippen LogP contribution in [-0.2, 0) is 11.2 Å². The third-order valence-corrected chi connectivity index (χ3v) is 5.55. The summed E-state index contributed by atoms with van der Waals surface area (Å²) in [4.78, 5) is 17.2. The SMILES string of the molecule is COc1ccc(CCNC(=O)[C@@H](C)N2CCN(c3ccc(OC)cc3)CC2)cc1. The monoisotopic (exact) mass is 397 g/mol. The van der Waals surface area contributed by atoms with Gasteiger partial charge in [0, 0.05) is 38.4 Å². The van der Waals surface area contributed by atoms with Crippen LogP contribution in [0.1, 0.15) is 12.5 Å². The van der Waals surface area contributed by atoms with Gasteiger partial charge >= 0.3 is 0 Å². The summed E-state index contributed by atoms with van der Waals surface area (Å²) in [6, 6.07) is 16.0. The zero-order valence-corrected chi connectivity index (χ0v) is 17.6. The summed E-state index contributed by atoms with van der Waals surface area (Å²) >= 11 is 0. The van der Waals surface area contributed by atoms with Crippen LogP contribution in [0.3, 0.4) is 0 Å². The first kappa shape index (κ1) is 21.0. The number of carbonyl (C=O) groups excluding carboxylic acids is 1. The molecule has 0 unspecified atom stereocenters. The number of piperazine rings is 1. The van der Waals surface area contributed by atoms with Crippen molar-refractivity contribution < 1.29 is 14.3 Å². The summed E-state index contributed by atoms with van der Waals surface area (Å²) in [5.74, 6) is 1.81. The number of nitrogens with zero attached hydrogens (tertiary/aromatic N) is 2. The molecule has 0 radical (unpaired) electrons. The van der Waals surface area contributed by atoms with Gasteiger partial charge in [0.2, 0.25) is 5.91 Å². The predicted molar refractivity (Wildman–Crippen MR) is 116 cm³/mol.